The van der Waals surface area contributed by atoms with Crippen LogP contribution >= 0.6 is 11.3 Å². The number of nitrogens with one attached hydrogen (secondary N) is 3. The minimum Gasteiger partial charge on any atom is -0.490 e. The first-order chi connectivity index (χ1) is 36.9. The standard InChI is InChI=1S/C40H46N8O7S.C10H16FNO2.C6H13N/c1-26-39(56-25-45-26)28-7-5-27(6-8-28)35(44-24-49)23-36(50)43-14-18-53-20-19-52-17-13-37(51)48-15-11-31(12-16-48)54-32-4-2-3-29(21-32)38-33-22-30(40(41)46-42)9-10-34(33)47-55-38;1-9(2,3)7(6-13)12-8(14)10(11)4-5-10;1-6-4-3-5-7(6)2/h2-10,21-22,24-25,31,35H,11-20,23,42H2,1H3,(H2,41,46)(H,43,50)(H,44,49);6-7H,4-5H2,1-3H3,(H,12,14);6H,3-5H2,1-2H3. The number of aldehydes is 1. The molecule has 3 aliphatic rings. The van der Waals surface area contributed by atoms with Crippen molar-refractivity contribution in [2.75, 3.05) is 59.7 Å². The summed E-state index contributed by atoms with van der Waals surface area (Å²) in [5, 5.41) is 16.5. The third-order valence-electron chi connectivity index (χ3n) is 13.8. The number of fused-ring (bicyclic) bond motifs is 1. The number of nitrogens with two attached hydrogens (primary N) is 2. The van der Waals surface area contributed by atoms with Crippen LogP contribution in [0.15, 0.2) is 81.9 Å². The van der Waals surface area contributed by atoms with Crippen molar-refractivity contribution in [3.8, 4) is 27.5 Å². The Morgan fingerprint density at radius 2 is 1.70 bits per heavy atom. The number of likely N-dealkylation sites (tertiary alicyclic amines) is 2. The number of aryl methyl sites for hydroxylation is 1. The zero-order valence-corrected chi connectivity index (χ0v) is 45.9. The number of carbonyl (C=O) groups excluding carboxylic acids is 5. The molecule has 4 heterocycles. The van der Waals surface area contributed by atoms with Crippen molar-refractivity contribution in [3.05, 3.63) is 89.1 Å². The number of piperidine rings is 1. The quantitative estimate of drug-likeness (QED) is 0.0122. The molecule has 2 aliphatic heterocycles. The van der Waals surface area contributed by atoms with E-state index >= 15 is 0 Å². The van der Waals surface area contributed by atoms with E-state index < -0.39 is 23.7 Å². The molecule has 3 unspecified atom stereocenters. The lowest BCUT2D eigenvalue weighted by Gasteiger charge is -2.32. The molecule has 416 valence electrons. The molecule has 19 nitrogen and oxygen atoms in total. The Hall–Kier alpha value is -6.81. The van der Waals surface area contributed by atoms with Crippen molar-refractivity contribution in [3.63, 3.8) is 0 Å². The fraction of sp³-hybridized carbons (Fsp3) is 0.500. The second-order valence-corrected chi connectivity index (χ2v) is 21.5. The predicted octanol–water partition coefficient (Wildman–Crippen LogP) is 6.61. The van der Waals surface area contributed by atoms with E-state index in [0.29, 0.717) is 94.2 Å². The highest BCUT2D eigenvalue weighted by molar-refractivity contribution is 7.13. The van der Waals surface area contributed by atoms with Crippen LogP contribution in [0.3, 0.4) is 0 Å². The number of halogens is 1. The van der Waals surface area contributed by atoms with E-state index in [2.05, 4.69) is 50.1 Å². The molecule has 1 aliphatic carbocycles. The van der Waals surface area contributed by atoms with Gasteiger partial charge in [-0.05, 0) is 100.0 Å². The van der Waals surface area contributed by atoms with Crippen molar-refractivity contribution >= 4 is 58.5 Å². The van der Waals surface area contributed by atoms with E-state index in [1.54, 1.807) is 23.5 Å². The Morgan fingerprint density at radius 3 is 2.30 bits per heavy atom. The van der Waals surface area contributed by atoms with Crippen LogP contribution in [-0.2, 0) is 33.4 Å². The lowest BCUT2D eigenvalue weighted by Crippen LogP contribution is -2.48. The molecule has 3 atom stereocenters. The highest BCUT2D eigenvalue weighted by Crippen LogP contribution is 2.40. The van der Waals surface area contributed by atoms with E-state index in [4.69, 9.17) is 30.3 Å². The van der Waals surface area contributed by atoms with E-state index in [1.807, 2.05) is 92.7 Å². The Morgan fingerprint density at radius 1 is 0.974 bits per heavy atom. The number of amidine groups is 1. The smallest absolute Gasteiger partial charge is 0.258 e. The molecule has 4 amide bonds. The monoisotopic (exact) mass is 1080 g/mol. The van der Waals surface area contributed by atoms with Crippen LogP contribution in [0.25, 0.3) is 32.7 Å². The summed E-state index contributed by atoms with van der Waals surface area (Å²) in [4.78, 5) is 68.3. The third-order valence-corrected chi connectivity index (χ3v) is 14.8. The number of ether oxygens (including phenoxy) is 3. The topological polar surface area (TPSA) is 259 Å². The normalized spacial score (nSPS) is 17.2. The maximum atomic E-state index is 13.3. The van der Waals surface area contributed by atoms with Crippen molar-refractivity contribution < 1.29 is 47.1 Å². The number of thiazole rings is 1. The molecule has 77 heavy (non-hydrogen) atoms. The molecule has 3 aromatic carbocycles. The molecule has 0 bridgehead atoms. The molecule has 5 aromatic rings. The van der Waals surface area contributed by atoms with E-state index in [9.17, 15) is 28.4 Å². The fourth-order valence-corrected chi connectivity index (χ4v) is 9.42. The maximum absolute atomic E-state index is 13.3. The van der Waals surface area contributed by atoms with Crippen LogP contribution in [0.1, 0.15) is 102 Å². The van der Waals surface area contributed by atoms with Gasteiger partial charge >= 0.3 is 0 Å². The van der Waals surface area contributed by atoms with Gasteiger partial charge in [-0.1, -0.05) is 62.3 Å². The molecule has 0 radical (unpaired) electrons. The first kappa shape index (κ1) is 59.4. The summed E-state index contributed by atoms with van der Waals surface area (Å²) in [7, 11) is 2.19. The van der Waals surface area contributed by atoms with Crippen LogP contribution in [0.2, 0.25) is 0 Å². The summed E-state index contributed by atoms with van der Waals surface area (Å²) < 4.78 is 36.4. The molecular weight excluding hydrogens is 1010 g/mol. The highest BCUT2D eigenvalue weighted by atomic mass is 32.1. The Bertz CT molecular complexity index is 2740. The first-order valence-electron chi connectivity index (χ1n) is 26.2. The van der Waals surface area contributed by atoms with E-state index in [-0.39, 0.29) is 54.9 Å². The molecule has 0 spiro atoms. The van der Waals surface area contributed by atoms with Crippen molar-refractivity contribution in [1.82, 2.24) is 35.9 Å². The summed E-state index contributed by atoms with van der Waals surface area (Å²) in [6, 6.07) is 20.6. The Labute approximate surface area is 454 Å². The zero-order valence-electron chi connectivity index (χ0n) is 45.1. The number of carbonyl (C=O) groups is 5. The minimum atomic E-state index is -1.70. The molecule has 1 saturated carbocycles. The molecule has 8 rings (SSSR count). The van der Waals surface area contributed by atoms with Crippen molar-refractivity contribution in [2.24, 2.45) is 22.1 Å². The van der Waals surface area contributed by atoms with Crippen LogP contribution < -0.4 is 32.3 Å². The predicted molar refractivity (Wildman–Crippen MR) is 295 cm³/mol. The van der Waals surface area contributed by atoms with Gasteiger partial charge in [0.1, 0.15) is 29.5 Å². The maximum Gasteiger partial charge on any atom is 0.258 e. The molecule has 3 fully saturated rings. The van der Waals surface area contributed by atoms with Crippen molar-refractivity contribution in [2.45, 2.75) is 116 Å². The number of benzene rings is 3. The number of alkyl halides is 1. The van der Waals surface area contributed by atoms with Crippen molar-refractivity contribution in [1.29, 1.82) is 0 Å². The molecule has 2 saturated heterocycles. The van der Waals surface area contributed by atoms with Crippen LogP contribution in [0.4, 0.5) is 4.39 Å². The second kappa shape index (κ2) is 28.5. The van der Waals surface area contributed by atoms with Crippen LogP contribution in [-0.4, -0.2) is 140 Å². The number of rotatable bonds is 22. The number of hydrogen-bond acceptors (Lipinski definition) is 15. The number of nitrogens with zero attached hydrogens (tertiary/aromatic N) is 5. The average Bonchev–Trinajstić information content (AvgIpc) is 3.64. The number of aromatic nitrogens is 2. The van der Waals surface area contributed by atoms with Crippen LogP contribution in [0.5, 0.6) is 5.75 Å². The van der Waals surface area contributed by atoms with Gasteiger partial charge in [-0.25, -0.2) is 9.37 Å². The van der Waals surface area contributed by atoms with Gasteiger partial charge in [-0.3, -0.25) is 19.2 Å². The number of hydrogen-bond donors (Lipinski definition) is 5. The molecule has 2 aromatic heterocycles. The zero-order chi connectivity index (χ0) is 55.5. The van der Waals surface area contributed by atoms with Gasteiger partial charge in [0.05, 0.1) is 72.8 Å². The van der Waals surface area contributed by atoms with E-state index in [1.165, 1.54) is 19.4 Å². The third kappa shape index (κ3) is 17.6. The van der Waals surface area contributed by atoms with Crippen LogP contribution in [0, 0.1) is 12.3 Å². The Balaban J connectivity index is 0.000000378. The lowest BCUT2D eigenvalue weighted by atomic mass is 9.87. The fourth-order valence-electron chi connectivity index (χ4n) is 8.61. The molecule has 21 heteroatoms. The highest BCUT2D eigenvalue weighted by Gasteiger charge is 2.51. The van der Waals surface area contributed by atoms with Gasteiger partial charge in [-0.15, -0.1) is 11.3 Å². The SMILES string of the molecule is CC(C)(C)C(C=O)NC(=O)C1(F)CC1.CC1CCCN1C.Cc1ncsc1-c1ccc(C(CC(=O)NCCOCCOCCC(=O)N2CCC(Oc3cccc(-c4onc5ccc(/C(N)=N/N)cc45)c3)CC2)NC=O)cc1. The largest absolute Gasteiger partial charge is 0.490 e. The number of amides is 4. The van der Waals surface area contributed by atoms with Gasteiger partial charge in [0, 0.05) is 49.6 Å². The number of hydrazone groups is 1. The molecular formula is C56H75FN10O9S. The average molecular weight is 1080 g/mol. The van der Waals surface area contributed by atoms with Gasteiger partial charge in [-0.2, -0.15) is 5.10 Å². The van der Waals surface area contributed by atoms with E-state index in [0.717, 1.165) is 38.7 Å². The summed E-state index contributed by atoms with van der Waals surface area (Å²) in [5.74, 6) is 6.06. The Kier molecular flexibility index (Phi) is 22.0. The summed E-state index contributed by atoms with van der Waals surface area (Å²) in [6.07, 6.45) is 6.38. The van der Waals surface area contributed by atoms with Gasteiger partial charge in [0.15, 0.2) is 11.4 Å². The second-order valence-electron chi connectivity index (χ2n) is 20.6. The van der Waals surface area contributed by atoms with Gasteiger partial charge < -0.3 is 60.9 Å². The lowest BCUT2D eigenvalue weighted by molar-refractivity contribution is -0.134. The summed E-state index contributed by atoms with van der Waals surface area (Å²) in [5.41, 5.74) is 10.6. The first-order valence-corrected chi connectivity index (χ1v) is 27.1. The summed E-state index contributed by atoms with van der Waals surface area (Å²) in [6.45, 7) is 13.8. The summed E-state index contributed by atoms with van der Waals surface area (Å²) >= 11 is 1.57. The molecule has 7 N–H and O–H groups in total. The van der Waals surface area contributed by atoms with Gasteiger partial charge in [0.2, 0.25) is 18.2 Å². The van der Waals surface area contributed by atoms with Gasteiger partial charge in [0.25, 0.3) is 5.91 Å². The minimum absolute atomic E-state index is 0.0304.